The zero-order valence-corrected chi connectivity index (χ0v) is 13.8. The second kappa shape index (κ2) is 9.05. The van der Waals surface area contributed by atoms with Crippen molar-refractivity contribution in [1.82, 2.24) is 10.6 Å². The molecule has 116 valence electrons. The predicted octanol–water partition coefficient (Wildman–Crippen LogP) is 2.78. The molecule has 2 N–H and O–H groups in total. The molecule has 1 heterocycles. The Labute approximate surface area is 135 Å². The molecule has 2 rings (SSSR count). The van der Waals surface area contributed by atoms with Crippen LogP contribution in [-0.4, -0.2) is 43.7 Å². The summed E-state index contributed by atoms with van der Waals surface area (Å²) in [5.74, 6) is 2.90. The molecule has 1 aromatic carbocycles. The minimum absolute atomic E-state index is 0.569. The molecule has 1 aliphatic heterocycles. The lowest BCUT2D eigenvalue weighted by atomic mass is 10.2. The molecule has 1 saturated heterocycles. The van der Waals surface area contributed by atoms with Gasteiger partial charge in [0.05, 0.1) is 6.54 Å². The van der Waals surface area contributed by atoms with Crippen molar-refractivity contribution in [2.24, 2.45) is 4.99 Å². The van der Waals surface area contributed by atoms with Crippen molar-refractivity contribution >= 4 is 29.3 Å². The van der Waals surface area contributed by atoms with Gasteiger partial charge in [0.25, 0.3) is 0 Å². The average molecular weight is 328 g/mol. The first-order chi connectivity index (χ1) is 10.3. The number of nitrogens with one attached hydrogen (secondary N) is 2. The number of ether oxygens (including phenoxy) is 1. The normalized spacial score (nSPS) is 18.6. The summed E-state index contributed by atoms with van der Waals surface area (Å²) >= 11 is 7.95. The Balaban J connectivity index is 1.61. The molecule has 0 saturated carbocycles. The quantitative estimate of drug-likeness (QED) is 0.479. The third kappa shape index (κ3) is 6.06. The molecule has 0 radical (unpaired) electrons. The molecule has 0 amide bonds. The van der Waals surface area contributed by atoms with E-state index >= 15 is 0 Å². The van der Waals surface area contributed by atoms with Crippen molar-refractivity contribution in [2.75, 3.05) is 32.5 Å². The van der Waals surface area contributed by atoms with Crippen molar-refractivity contribution < 1.29 is 4.74 Å². The first-order valence-electron chi connectivity index (χ1n) is 7.22. The van der Waals surface area contributed by atoms with E-state index in [2.05, 4.69) is 15.6 Å². The number of aliphatic imine (C=N–C) groups is 1. The van der Waals surface area contributed by atoms with Crippen LogP contribution in [0, 0.1) is 0 Å². The average Bonchev–Trinajstić information content (AvgIpc) is 3.00. The smallest absolute Gasteiger partial charge is 0.191 e. The van der Waals surface area contributed by atoms with Gasteiger partial charge < -0.3 is 15.4 Å². The fraction of sp³-hybridized carbons (Fsp3) is 0.533. The molecule has 0 bridgehead atoms. The van der Waals surface area contributed by atoms with Crippen molar-refractivity contribution in [1.29, 1.82) is 0 Å². The standard InChI is InChI=1S/C15H22ClN3OS/c1-17-15(19-11-14-6-3-9-21-14)18-7-8-20-13-5-2-4-12(16)10-13/h2,4-5,10,14H,3,6-9,11H2,1H3,(H2,17,18,19). The lowest BCUT2D eigenvalue weighted by Gasteiger charge is -2.15. The molecule has 0 spiro atoms. The summed E-state index contributed by atoms with van der Waals surface area (Å²) in [6.07, 6.45) is 2.63. The third-order valence-electron chi connectivity index (χ3n) is 3.20. The van der Waals surface area contributed by atoms with Crippen LogP contribution in [0.1, 0.15) is 12.8 Å². The van der Waals surface area contributed by atoms with Crippen LogP contribution in [-0.2, 0) is 0 Å². The van der Waals surface area contributed by atoms with Gasteiger partial charge in [-0.05, 0) is 36.8 Å². The van der Waals surface area contributed by atoms with Crippen molar-refractivity contribution in [3.63, 3.8) is 0 Å². The molecular formula is C15H22ClN3OS. The van der Waals surface area contributed by atoms with Crippen molar-refractivity contribution in [3.8, 4) is 5.75 Å². The first-order valence-corrected chi connectivity index (χ1v) is 8.65. The largest absolute Gasteiger partial charge is 0.492 e. The van der Waals surface area contributed by atoms with Crippen LogP contribution in [0.3, 0.4) is 0 Å². The lowest BCUT2D eigenvalue weighted by molar-refractivity contribution is 0.322. The van der Waals surface area contributed by atoms with E-state index in [4.69, 9.17) is 16.3 Å². The number of rotatable bonds is 6. The molecule has 0 aliphatic carbocycles. The van der Waals surface area contributed by atoms with Gasteiger partial charge in [0.1, 0.15) is 12.4 Å². The van der Waals surface area contributed by atoms with Gasteiger partial charge in [0.2, 0.25) is 0 Å². The molecule has 1 fully saturated rings. The van der Waals surface area contributed by atoms with Crippen LogP contribution in [0.2, 0.25) is 5.02 Å². The first kappa shape index (κ1) is 16.3. The highest BCUT2D eigenvalue weighted by Crippen LogP contribution is 2.25. The van der Waals surface area contributed by atoms with Crippen molar-refractivity contribution in [3.05, 3.63) is 29.3 Å². The minimum atomic E-state index is 0.569. The van der Waals surface area contributed by atoms with E-state index in [1.54, 1.807) is 7.05 Å². The summed E-state index contributed by atoms with van der Waals surface area (Å²) in [4.78, 5) is 4.22. The highest BCUT2D eigenvalue weighted by Gasteiger charge is 2.15. The number of benzene rings is 1. The minimum Gasteiger partial charge on any atom is -0.492 e. The summed E-state index contributed by atoms with van der Waals surface area (Å²) in [7, 11) is 1.79. The van der Waals surface area contributed by atoms with Crippen LogP contribution in [0.4, 0.5) is 0 Å². The summed E-state index contributed by atoms with van der Waals surface area (Å²) in [6, 6.07) is 7.42. The number of hydrogen-bond acceptors (Lipinski definition) is 3. The third-order valence-corrected chi connectivity index (χ3v) is 4.84. The lowest BCUT2D eigenvalue weighted by Crippen LogP contribution is -2.41. The Bertz CT molecular complexity index is 464. The van der Waals surface area contributed by atoms with Gasteiger partial charge in [-0.15, -0.1) is 0 Å². The maximum atomic E-state index is 5.91. The van der Waals surface area contributed by atoms with Crippen LogP contribution in [0.5, 0.6) is 5.75 Å². The van der Waals surface area contributed by atoms with Crippen molar-refractivity contribution in [2.45, 2.75) is 18.1 Å². The van der Waals surface area contributed by atoms with E-state index in [1.807, 2.05) is 36.0 Å². The number of nitrogens with zero attached hydrogens (tertiary/aromatic N) is 1. The monoisotopic (exact) mass is 327 g/mol. The molecule has 6 heteroatoms. The molecule has 1 aliphatic rings. The fourth-order valence-corrected chi connectivity index (χ4v) is 3.51. The summed E-state index contributed by atoms with van der Waals surface area (Å²) in [5.41, 5.74) is 0. The predicted molar refractivity (Wildman–Crippen MR) is 91.8 cm³/mol. The Hall–Kier alpha value is -1.07. The molecular weight excluding hydrogens is 306 g/mol. The van der Waals surface area contributed by atoms with E-state index in [0.29, 0.717) is 23.4 Å². The fourth-order valence-electron chi connectivity index (χ4n) is 2.13. The van der Waals surface area contributed by atoms with Crippen LogP contribution in [0.15, 0.2) is 29.3 Å². The van der Waals surface area contributed by atoms with E-state index in [9.17, 15) is 0 Å². The number of hydrogen-bond donors (Lipinski definition) is 2. The molecule has 1 atom stereocenters. The van der Waals surface area contributed by atoms with E-state index in [0.717, 1.165) is 18.3 Å². The van der Waals surface area contributed by atoms with Gasteiger partial charge in [-0.1, -0.05) is 17.7 Å². The van der Waals surface area contributed by atoms with Gasteiger partial charge in [-0.2, -0.15) is 11.8 Å². The van der Waals surface area contributed by atoms with Gasteiger partial charge in [0.15, 0.2) is 5.96 Å². The van der Waals surface area contributed by atoms with Crippen LogP contribution in [0.25, 0.3) is 0 Å². The summed E-state index contributed by atoms with van der Waals surface area (Å²) in [5, 5.41) is 8.01. The van der Waals surface area contributed by atoms with E-state index in [-0.39, 0.29) is 0 Å². The SMILES string of the molecule is CN=C(NCCOc1cccc(Cl)c1)NCC1CCCS1. The number of guanidine groups is 1. The zero-order chi connectivity index (χ0) is 14.9. The van der Waals surface area contributed by atoms with Crippen LogP contribution < -0.4 is 15.4 Å². The van der Waals surface area contributed by atoms with Gasteiger partial charge in [-0.3, -0.25) is 4.99 Å². The highest BCUT2D eigenvalue weighted by atomic mass is 35.5. The number of thioether (sulfide) groups is 1. The molecule has 1 unspecified atom stereocenters. The van der Waals surface area contributed by atoms with Gasteiger partial charge in [0, 0.05) is 23.9 Å². The maximum Gasteiger partial charge on any atom is 0.191 e. The second-order valence-electron chi connectivity index (χ2n) is 4.82. The highest BCUT2D eigenvalue weighted by molar-refractivity contribution is 8.00. The summed E-state index contributed by atoms with van der Waals surface area (Å²) in [6.45, 7) is 2.24. The second-order valence-corrected chi connectivity index (χ2v) is 6.67. The Morgan fingerprint density at radius 1 is 1.48 bits per heavy atom. The van der Waals surface area contributed by atoms with Crippen LogP contribution >= 0.6 is 23.4 Å². The molecule has 1 aromatic rings. The maximum absolute atomic E-state index is 5.91. The molecule has 21 heavy (non-hydrogen) atoms. The zero-order valence-electron chi connectivity index (χ0n) is 12.3. The topological polar surface area (TPSA) is 45.7 Å². The number of halogens is 1. The molecule has 4 nitrogen and oxygen atoms in total. The van der Waals surface area contributed by atoms with E-state index < -0.39 is 0 Å². The summed E-state index contributed by atoms with van der Waals surface area (Å²) < 4.78 is 5.63. The van der Waals surface area contributed by atoms with E-state index in [1.165, 1.54) is 18.6 Å². The Kier molecular flexibility index (Phi) is 7.03. The Morgan fingerprint density at radius 3 is 3.10 bits per heavy atom. The van der Waals surface area contributed by atoms with Gasteiger partial charge >= 0.3 is 0 Å². The van der Waals surface area contributed by atoms with Gasteiger partial charge in [-0.25, -0.2) is 0 Å². The Morgan fingerprint density at radius 2 is 2.38 bits per heavy atom. The molecule has 0 aromatic heterocycles.